The fourth-order valence-electron chi connectivity index (χ4n) is 2.88. The Morgan fingerprint density at radius 1 is 1.14 bits per heavy atom. The summed E-state index contributed by atoms with van der Waals surface area (Å²) in [6, 6.07) is 13.8. The molecule has 0 saturated heterocycles. The number of hydrogen-bond donors (Lipinski definition) is 1. The molecule has 4 rings (SSSR count). The van der Waals surface area contributed by atoms with Crippen LogP contribution in [0.3, 0.4) is 0 Å². The van der Waals surface area contributed by atoms with E-state index in [2.05, 4.69) is 21.3 Å². The van der Waals surface area contributed by atoms with Gasteiger partial charge in [0.15, 0.2) is 5.75 Å². The largest absolute Gasteiger partial charge is 0.488 e. The van der Waals surface area contributed by atoms with Crippen LogP contribution in [0, 0.1) is 17.2 Å². The maximum absolute atomic E-state index is 8.99. The number of H-pyrrole nitrogens is 1. The number of ether oxygens (including phenoxy) is 2. The van der Waals surface area contributed by atoms with Gasteiger partial charge in [-0.2, -0.15) is 10.4 Å². The van der Waals surface area contributed by atoms with Gasteiger partial charge < -0.3 is 9.47 Å². The van der Waals surface area contributed by atoms with Gasteiger partial charge in [-0.15, -0.1) is 0 Å². The zero-order valence-electron chi connectivity index (χ0n) is 15.1. The molecular weight excluding hydrogens is 352 g/mol. The first-order chi connectivity index (χ1) is 13.8. The number of benzene rings is 1. The summed E-state index contributed by atoms with van der Waals surface area (Å²) in [7, 11) is 0. The first kappa shape index (κ1) is 17.6. The number of rotatable bonds is 6. The average molecular weight is 370 g/mol. The van der Waals surface area contributed by atoms with Crippen LogP contribution in [-0.2, 0) is 6.61 Å². The predicted molar refractivity (Wildman–Crippen MR) is 104 cm³/mol. The van der Waals surface area contributed by atoms with E-state index in [0.717, 1.165) is 22.6 Å². The fraction of sp³-hybridized carbons (Fsp3) is 0.136. The van der Waals surface area contributed by atoms with Crippen LogP contribution in [0.2, 0.25) is 0 Å². The summed E-state index contributed by atoms with van der Waals surface area (Å²) < 4.78 is 12.0. The van der Waals surface area contributed by atoms with Crippen molar-refractivity contribution in [2.24, 2.45) is 5.92 Å². The second-order valence-corrected chi connectivity index (χ2v) is 6.29. The SMILES string of the molecule is N#CC1C=CC(Oc2cn[nH]c2-c2ccccc2OCc2ccncc2)=CC1. The molecule has 1 atom stereocenters. The van der Waals surface area contributed by atoms with Crippen LogP contribution in [0.5, 0.6) is 11.5 Å². The Morgan fingerprint density at radius 2 is 2.00 bits per heavy atom. The van der Waals surface area contributed by atoms with Crippen molar-refractivity contribution in [3.8, 4) is 28.8 Å². The van der Waals surface area contributed by atoms with Crippen molar-refractivity contribution < 1.29 is 9.47 Å². The lowest BCUT2D eigenvalue weighted by atomic mass is 10.0. The second kappa shape index (κ2) is 8.23. The van der Waals surface area contributed by atoms with Gasteiger partial charge in [-0.1, -0.05) is 18.2 Å². The van der Waals surface area contributed by atoms with Crippen LogP contribution in [0.15, 0.2) is 79.0 Å². The average Bonchev–Trinajstić information content (AvgIpc) is 3.21. The molecule has 0 radical (unpaired) electrons. The molecule has 0 spiro atoms. The van der Waals surface area contributed by atoms with Gasteiger partial charge in [0.25, 0.3) is 0 Å². The van der Waals surface area contributed by atoms with Crippen LogP contribution < -0.4 is 9.47 Å². The van der Waals surface area contributed by atoms with Gasteiger partial charge in [0.2, 0.25) is 0 Å². The molecule has 138 valence electrons. The Balaban J connectivity index is 1.54. The number of allylic oxidation sites excluding steroid dienone is 3. The van der Waals surface area contributed by atoms with Crippen LogP contribution >= 0.6 is 0 Å². The van der Waals surface area contributed by atoms with Crippen molar-refractivity contribution in [2.45, 2.75) is 13.0 Å². The number of pyridine rings is 1. The van der Waals surface area contributed by atoms with E-state index in [9.17, 15) is 0 Å². The molecule has 0 fully saturated rings. The normalized spacial score (nSPS) is 15.5. The monoisotopic (exact) mass is 370 g/mol. The van der Waals surface area contributed by atoms with Gasteiger partial charge in [-0.3, -0.25) is 10.1 Å². The molecule has 0 saturated carbocycles. The molecular formula is C22H18N4O2. The highest BCUT2D eigenvalue weighted by atomic mass is 16.5. The van der Waals surface area contributed by atoms with E-state index in [0.29, 0.717) is 24.5 Å². The van der Waals surface area contributed by atoms with Crippen LogP contribution in [0.4, 0.5) is 0 Å². The summed E-state index contributed by atoms with van der Waals surface area (Å²) in [6.07, 6.45) is 11.3. The smallest absolute Gasteiger partial charge is 0.173 e. The van der Waals surface area contributed by atoms with Gasteiger partial charge in [0.1, 0.15) is 23.8 Å². The summed E-state index contributed by atoms with van der Waals surface area (Å²) in [5, 5.41) is 16.1. The molecule has 28 heavy (non-hydrogen) atoms. The highest BCUT2D eigenvalue weighted by Gasteiger charge is 2.16. The van der Waals surface area contributed by atoms with Gasteiger partial charge in [-0.25, -0.2) is 0 Å². The molecule has 0 aliphatic heterocycles. The standard InChI is InChI=1S/C22H18N4O2/c23-13-16-5-7-18(8-6-16)28-21-14-25-26-22(21)19-3-1-2-4-20(19)27-15-17-9-11-24-12-10-17/h1-5,7-12,14,16H,6,15H2,(H,25,26). The molecule has 1 aliphatic rings. The molecule has 1 aromatic carbocycles. The van der Waals surface area contributed by atoms with E-state index < -0.39 is 0 Å². The Hall–Kier alpha value is -3.85. The van der Waals surface area contributed by atoms with Gasteiger partial charge >= 0.3 is 0 Å². The highest BCUT2D eigenvalue weighted by Crippen LogP contribution is 2.36. The Labute approximate surface area is 162 Å². The lowest BCUT2D eigenvalue weighted by Crippen LogP contribution is -2.02. The molecule has 1 unspecified atom stereocenters. The summed E-state index contributed by atoms with van der Waals surface area (Å²) in [5.41, 5.74) is 2.64. The Kier molecular flexibility index (Phi) is 5.16. The zero-order valence-corrected chi connectivity index (χ0v) is 15.1. The molecule has 6 heteroatoms. The number of aromatic amines is 1. The number of nitrogens with one attached hydrogen (secondary N) is 1. The van der Waals surface area contributed by atoms with Gasteiger partial charge in [0, 0.05) is 18.0 Å². The number of nitrogens with zero attached hydrogens (tertiary/aromatic N) is 3. The van der Waals surface area contributed by atoms with Crippen molar-refractivity contribution in [2.75, 3.05) is 0 Å². The Bertz CT molecular complexity index is 1050. The molecule has 2 aromatic heterocycles. The molecule has 1 aliphatic carbocycles. The predicted octanol–water partition coefficient (Wildman–Crippen LogP) is 4.41. The quantitative estimate of drug-likeness (QED) is 0.695. The zero-order chi connectivity index (χ0) is 19.2. The lowest BCUT2D eigenvalue weighted by Gasteiger charge is -2.14. The topological polar surface area (TPSA) is 83.8 Å². The Morgan fingerprint density at radius 3 is 2.79 bits per heavy atom. The summed E-state index contributed by atoms with van der Waals surface area (Å²) in [6.45, 7) is 0.438. The van der Waals surface area contributed by atoms with Crippen molar-refractivity contribution >= 4 is 0 Å². The van der Waals surface area contributed by atoms with Crippen LogP contribution in [0.1, 0.15) is 12.0 Å². The third-order valence-electron chi connectivity index (χ3n) is 4.36. The lowest BCUT2D eigenvalue weighted by molar-refractivity contribution is 0.307. The number of hydrogen-bond acceptors (Lipinski definition) is 5. The first-order valence-electron chi connectivity index (χ1n) is 8.94. The minimum atomic E-state index is -0.0986. The third kappa shape index (κ3) is 3.94. The summed E-state index contributed by atoms with van der Waals surface area (Å²) in [4.78, 5) is 4.02. The molecule has 0 bridgehead atoms. The third-order valence-corrected chi connectivity index (χ3v) is 4.36. The molecule has 2 heterocycles. The number of nitriles is 1. The maximum atomic E-state index is 8.99. The second-order valence-electron chi connectivity index (χ2n) is 6.29. The summed E-state index contributed by atoms with van der Waals surface area (Å²) in [5.74, 6) is 1.93. The molecule has 6 nitrogen and oxygen atoms in total. The molecule has 0 amide bonds. The van der Waals surface area contributed by atoms with E-state index in [1.54, 1.807) is 18.6 Å². The van der Waals surface area contributed by atoms with Crippen molar-refractivity contribution in [3.05, 3.63) is 84.5 Å². The van der Waals surface area contributed by atoms with E-state index in [1.165, 1.54) is 0 Å². The highest BCUT2D eigenvalue weighted by molar-refractivity contribution is 5.72. The fourth-order valence-corrected chi connectivity index (χ4v) is 2.88. The van der Waals surface area contributed by atoms with Crippen molar-refractivity contribution in [3.63, 3.8) is 0 Å². The van der Waals surface area contributed by atoms with Gasteiger partial charge in [0.05, 0.1) is 18.2 Å². The van der Waals surface area contributed by atoms with Crippen molar-refractivity contribution in [1.82, 2.24) is 15.2 Å². The van der Waals surface area contributed by atoms with E-state index >= 15 is 0 Å². The van der Waals surface area contributed by atoms with E-state index in [4.69, 9.17) is 14.7 Å². The number of aromatic nitrogens is 3. The van der Waals surface area contributed by atoms with Crippen LogP contribution in [0.25, 0.3) is 11.3 Å². The minimum Gasteiger partial charge on any atom is -0.488 e. The van der Waals surface area contributed by atoms with Gasteiger partial charge in [-0.05, 0) is 48.4 Å². The first-order valence-corrected chi connectivity index (χ1v) is 8.94. The number of para-hydroxylation sites is 1. The van der Waals surface area contributed by atoms with Crippen molar-refractivity contribution in [1.29, 1.82) is 5.26 Å². The molecule has 3 aromatic rings. The minimum absolute atomic E-state index is 0.0986. The molecule has 1 N–H and O–H groups in total. The van der Waals surface area contributed by atoms with Crippen LogP contribution in [-0.4, -0.2) is 15.2 Å². The maximum Gasteiger partial charge on any atom is 0.173 e. The summed E-state index contributed by atoms with van der Waals surface area (Å²) >= 11 is 0. The van der Waals surface area contributed by atoms with E-state index in [-0.39, 0.29) is 5.92 Å². The van der Waals surface area contributed by atoms with E-state index in [1.807, 2.05) is 54.6 Å².